The minimum absolute atomic E-state index is 0.0524. The Morgan fingerprint density at radius 2 is 1.31 bits per heavy atom. The highest BCUT2D eigenvalue weighted by atomic mass is 16.2. The van der Waals surface area contributed by atoms with Crippen LogP contribution in [0.3, 0.4) is 0 Å². The van der Waals surface area contributed by atoms with Gasteiger partial charge in [-0.2, -0.15) is 0 Å². The molecule has 2 rings (SSSR count). The van der Waals surface area contributed by atoms with Crippen molar-refractivity contribution in [1.82, 2.24) is 10.6 Å². The molecule has 0 bridgehead atoms. The van der Waals surface area contributed by atoms with Gasteiger partial charge in [-0.25, -0.2) is 4.79 Å². The minimum Gasteiger partial charge on any atom is -0.335 e. The molecule has 2 saturated carbocycles. The lowest BCUT2D eigenvalue weighted by Crippen LogP contribution is -2.47. The zero-order valence-corrected chi connectivity index (χ0v) is 8.01. The van der Waals surface area contributed by atoms with Gasteiger partial charge in [0.1, 0.15) is 0 Å². The van der Waals surface area contributed by atoms with Gasteiger partial charge in [-0.3, -0.25) is 0 Å². The summed E-state index contributed by atoms with van der Waals surface area (Å²) in [5, 5.41) is 6.02. The summed E-state index contributed by atoms with van der Waals surface area (Å²) >= 11 is 0. The summed E-state index contributed by atoms with van der Waals surface area (Å²) in [4.78, 5) is 11.4. The molecule has 2 amide bonds. The van der Waals surface area contributed by atoms with Gasteiger partial charge < -0.3 is 10.6 Å². The number of hydrogen-bond donors (Lipinski definition) is 2. The first-order valence-electron chi connectivity index (χ1n) is 5.41. The van der Waals surface area contributed by atoms with Gasteiger partial charge in [0.15, 0.2) is 0 Å². The highest BCUT2D eigenvalue weighted by molar-refractivity contribution is 5.74. The van der Waals surface area contributed by atoms with E-state index >= 15 is 0 Å². The fraction of sp³-hybridized carbons (Fsp3) is 0.900. The third kappa shape index (κ3) is 2.36. The van der Waals surface area contributed by atoms with Gasteiger partial charge in [0.05, 0.1) is 0 Å². The average Bonchev–Trinajstić information content (AvgIpc) is 2.49. The van der Waals surface area contributed by atoms with Crippen molar-refractivity contribution in [2.45, 2.75) is 57.0 Å². The van der Waals surface area contributed by atoms with E-state index in [1.165, 1.54) is 19.3 Å². The second kappa shape index (κ2) is 3.99. The quantitative estimate of drug-likeness (QED) is 0.671. The van der Waals surface area contributed by atoms with Gasteiger partial charge in [0.2, 0.25) is 0 Å². The Hall–Kier alpha value is -0.730. The summed E-state index contributed by atoms with van der Waals surface area (Å²) in [6.07, 6.45) is 8.48. The lowest BCUT2D eigenvalue weighted by atomic mass is 9.93. The number of rotatable bonds is 2. The molecule has 3 nitrogen and oxygen atoms in total. The zero-order chi connectivity index (χ0) is 9.10. The summed E-state index contributed by atoms with van der Waals surface area (Å²) in [6.45, 7) is 0. The molecule has 0 aromatic carbocycles. The van der Waals surface area contributed by atoms with Crippen molar-refractivity contribution in [1.29, 1.82) is 0 Å². The molecule has 0 spiro atoms. The Labute approximate surface area is 79.3 Å². The van der Waals surface area contributed by atoms with Gasteiger partial charge in [-0.15, -0.1) is 0 Å². The van der Waals surface area contributed by atoms with Gasteiger partial charge >= 0.3 is 6.03 Å². The maximum Gasteiger partial charge on any atom is 0.315 e. The molecule has 74 valence electrons. The van der Waals surface area contributed by atoms with E-state index in [0.29, 0.717) is 12.1 Å². The molecule has 0 radical (unpaired) electrons. The second-order valence-corrected chi connectivity index (χ2v) is 4.23. The Morgan fingerprint density at radius 3 is 1.69 bits per heavy atom. The summed E-state index contributed by atoms with van der Waals surface area (Å²) in [6, 6.07) is 0.957. The summed E-state index contributed by atoms with van der Waals surface area (Å²) in [7, 11) is 0. The highest BCUT2D eigenvalue weighted by Crippen LogP contribution is 2.19. The Balaban J connectivity index is 1.64. The third-order valence-electron chi connectivity index (χ3n) is 3.13. The van der Waals surface area contributed by atoms with Gasteiger partial charge in [-0.1, -0.05) is 12.8 Å². The fourth-order valence-corrected chi connectivity index (χ4v) is 2.04. The number of carbonyl (C=O) groups is 1. The van der Waals surface area contributed by atoms with E-state index in [1.54, 1.807) is 0 Å². The van der Waals surface area contributed by atoms with E-state index in [1.807, 2.05) is 0 Å². The zero-order valence-electron chi connectivity index (χ0n) is 8.01. The van der Waals surface area contributed by atoms with Crippen molar-refractivity contribution in [2.24, 2.45) is 0 Å². The summed E-state index contributed by atoms with van der Waals surface area (Å²) in [5.41, 5.74) is 0. The Bertz CT molecular complexity index is 183. The molecule has 0 aliphatic heterocycles. The van der Waals surface area contributed by atoms with E-state index in [0.717, 1.165) is 25.7 Å². The van der Waals surface area contributed by atoms with Gasteiger partial charge in [0.25, 0.3) is 0 Å². The topological polar surface area (TPSA) is 41.1 Å². The molecule has 3 heteroatoms. The van der Waals surface area contributed by atoms with Crippen LogP contribution in [0.25, 0.3) is 0 Å². The van der Waals surface area contributed by atoms with Crippen molar-refractivity contribution in [2.75, 3.05) is 0 Å². The average molecular weight is 182 g/mol. The highest BCUT2D eigenvalue weighted by Gasteiger charge is 2.21. The molecule has 0 aromatic rings. The summed E-state index contributed by atoms with van der Waals surface area (Å²) in [5.74, 6) is 0. The molecule has 13 heavy (non-hydrogen) atoms. The van der Waals surface area contributed by atoms with Crippen molar-refractivity contribution < 1.29 is 4.79 Å². The van der Waals surface area contributed by atoms with E-state index in [9.17, 15) is 4.79 Å². The fourth-order valence-electron chi connectivity index (χ4n) is 2.04. The van der Waals surface area contributed by atoms with Gasteiger partial charge in [0, 0.05) is 12.1 Å². The first kappa shape index (κ1) is 8.85. The van der Waals surface area contributed by atoms with Crippen molar-refractivity contribution in [3.05, 3.63) is 0 Å². The first-order chi connectivity index (χ1) is 6.34. The van der Waals surface area contributed by atoms with Crippen LogP contribution in [-0.2, 0) is 0 Å². The van der Waals surface area contributed by atoms with E-state index in [-0.39, 0.29) is 6.03 Å². The smallest absolute Gasteiger partial charge is 0.315 e. The van der Waals surface area contributed by atoms with Crippen LogP contribution < -0.4 is 10.6 Å². The molecule has 0 aromatic heterocycles. The van der Waals surface area contributed by atoms with E-state index in [2.05, 4.69) is 10.6 Å². The monoisotopic (exact) mass is 182 g/mol. The molecular weight excluding hydrogens is 164 g/mol. The minimum atomic E-state index is 0.0524. The first-order valence-corrected chi connectivity index (χ1v) is 5.41. The molecule has 2 N–H and O–H groups in total. The van der Waals surface area contributed by atoms with Crippen molar-refractivity contribution >= 4 is 6.03 Å². The molecule has 0 atom stereocenters. The predicted octanol–water partition coefficient (Wildman–Crippen LogP) is 1.78. The third-order valence-corrected chi connectivity index (χ3v) is 3.13. The van der Waals surface area contributed by atoms with Crippen molar-refractivity contribution in [3.8, 4) is 0 Å². The number of nitrogens with one attached hydrogen (secondary N) is 2. The normalized spacial score (nSPS) is 24.0. The lowest BCUT2D eigenvalue weighted by Gasteiger charge is -2.27. The maximum atomic E-state index is 11.4. The molecule has 0 heterocycles. The van der Waals surface area contributed by atoms with Crippen LogP contribution in [0.4, 0.5) is 4.79 Å². The van der Waals surface area contributed by atoms with Crippen LogP contribution >= 0.6 is 0 Å². The standard InChI is InChI=1S/C10H18N2O/c13-10(12-9-6-3-7-9)11-8-4-1-2-5-8/h8-9H,1-7H2,(H2,11,12,13). The Morgan fingerprint density at radius 1 is 0.846 bits per heavy atom. The molecule has 2 aliphatic carbocycles. The largest absolute Gasteiger partial charge is 0.335 e. The van der Waals surface area contributed by atoms with Crippen LogP contribution in [0, 0.1) is 0 Å². The Kier molecular flexibility index (Phi) is 2.71. The van der Waals surface area contributed by atoms with Crippen molar-refractivity contribution in [3.63, 3.8) is 0 Å². The van der Waals surface area contributed by atoms with E-state index < -0.39 is 0 Å². The molecule has 0 unspecified atom stereocenters. The SMILES string of the molecule is O=C(NC1CCCC1)NC1CCC1. The predicted molar refractivity (Wildman–Crippen MR) is 51.6 cm³/mol. The van der Waals surface area contributed by atoms with Crippen LogP contribution in [0.1, 0.15) is 44.9 Å². The van der Waals surface area contributed by atoms with Crippen LogP contribution in [0.5, 0.6) is 0 Å². The molecule has 2 aliphatic rings. The number of urea groups is 1. The van der Waals surface area contributed by atoms with Gasteiger partial charge in [-0.05, 0) is 32.1 Å². The number of amides is 2. The van der Waals surface area contributed by atoms with E-state index in [4.69, 9.17) is 0 Å². The molecule has 2 fully saturated rings. The van der Waals surface area contributed by atoms with Crippen LogP contribution in [-0.4, -0.2) is 18.1 Å². The summed E-state index contributed by atoms with van der Waals surface area (Å²) < 4.78 is 0. The molecular formula is C10H18N2O. The molecule has 0 saturated heterocycles. The van der Waals surface area contributed by atoms with Crippen LogP contribution in [0.2, 0.25) is 0 Å². The second-order valence-electron chi connectivity index (χ2n) is 4.23. The maximum absolute atomic E-state index is 11.4. The number of carbonyl (C=O) groups excluding carboxylic acids is 1. The lowest BCUT2D eigenvalue weighted by molar-refractivity contribution is 0.224. The number of hydrogen-bond acceptors (Lipinski definition) is 1. The van der Waals surface area contributed by atoms with Crippen LogP contribution in [0.15, 0.2) is 0 Å².